The molecule has 0 aliphatic rings. The second kappa shape index (κ2) is 26.0. The Hall–Kier alpha value is 1.40. The Morgan fingerprint density at radius 1 is 1.25 bits per heavy atom. The van der Waals surface area contributed by atoms with E-state index in [1.165, 1.54) is 16.2 Å². The van der Waals surface area contributed by atoms with Crippen molar-refractivity contribution in [2.45, 2.75) is 0 Å². The van der Waals surface area contributed by atoms with E-state index in [1.54, 1.807) is 0 Å². The molecule has 0 N–H and O–H groups in total. The predicted molar refractivity (Wildman–Crippen MR) is 24.9 cm³/mol. The molecule has 0 spiro atoms. The van der Waals surface area contributed by atoms with Crippen molar-refractivity contribution in [3.8, 4) is 0 Å². The fraction of sp³-hybridized carbons (Fsp3) is 0. The van der Waals surface area contributed by atoms with Crippen molar-refractivity contribution in [2.24, 2.45) is 0 Å². The van der Waals surface area contributed by atoms with E-state index in [-0.39, 0.29) is 34.7 Å². The summed E-state index contributed by atoms with van der Waals surface area (Å²) in [4.78, 5) is 0. The van der Waals surface area contributed by atoms with Crippen LogP contribution in [0.25, 0.3) is 0 Å². The molecule has 4 heavy (non-hydrogen) atoms. The topological polar surface area (TPSA) is 17.1 Å². The Morgan fingerprint density at radius 2 is 1.25 bits per heavy atom. The Balaban J connectivity index is -0.00000000500. The van der Waals surface area contributed by atoms with Crippen molar-refractivity contribution in [1.29, 1.82) is 0 Å². The van der Waals surface area contributed by atoms with Gasteiger partial charge in [0, 0.05) is 0 Å². The van der Waals surface area contributed by atoms with Gasteiger partial charge in [-0.3, -0.25) is 0 Å². The van der Waals surface area contributed by atoms with Crippen LogP contribution in [-0.2, 0) is 3.80 Å². The van der Waals surface area contributed by atoms with Crippen LogP contribution in [0.5, 0.6) is 0 Å². The molecule has 0 aliphatic carbocycles. The zero-order valence-electron chi connectivity index (χ0n) is 1.99. The summed E-state index contributed by atoms with van der Waals surface area (Å²) in [5.74, 6) is 0. The van der Waals surface area contributed by atoms with Gasteiger partial charge in [0.1, 0.15) is 17.4 Å². The first-order chi connectivity index (χ1) is 1.00. The molecule has 0 rings (SSSR count). The average Bonchev–Trinajstić information content (AvgIpc) is 1.00. The molecular formula is H5Al3O. The van der Waals surface area contributed by atoms with Gasteiger partial charge in [-0.2, -0.15) is 0 Å². The standard InChI is InChI=1S/3Al.O.5H. The molecule has 0 aromatic carbocycles. The molecule has 0 aliphatic heterocycles. The maximum atomic E-state index is 8.17. The van der Waals surface area contributed by atoms with Crippen LogP contribution in [0.15, 0.2) is 0 Å². The summed E-state index contributed by atoms with van der Waals surface area (Å²) in [6.07, 6.45) is 0. The molecule has 0 saturated carbocycles. The second-order valence-corrected chi connectivity index (χ2v) is 0. The maximum absolute atomic E-state index is 8.17. The SMILES string of the molecule is [AlH2].[AlH3].[O]=[Al]. The molecule has 0 aromatic rings. The van der Waals surface area contributed by atoms with Gasteiger partial charge in [0.15, 0.2) is 17.4 Å². The van der Waals surface area contributed by atoms with Gasteiger partial charge in [-0.25, -0.2) is 0 Å². The summed E-state index contributed by atoms with van der Waals surface area (Å²) in [5.41, 5.74) is 0. The molecular weight excluding hydrogens is 96.9 g/mol. The molecule has 2 radical (unpaired) electrons. The van der Waals surface area contributed by atoms with Gasteiger partial charge < -0.3 is 0 Å². The third-order valence-electron chi connectivity index (χ3n) is 0. The molecule has 0 saturated heterocycles. The van der Waals surface area contributed by atoms with Crippen molar-refractivity contribution in [1.82, 2.24) is 0 Å². The Labute approximate surface area is 54.7 Å². The number of hydrogen-bond donors (Lipinski definition) is 0. The van der Waals surface area contributed by atoms with Crippen LogP contribution in [-0.4, -0.2) is 50.9 Å². The van der Waals surface area contributed by atoms with E-state index in [0.717, 1.165) is 0 Å². The van der Waals surface area contributed by atoms with Crippen molar-refractivity contribution >= 4 is 50.9 Å². The fourth-order valence-corrected chi connectivity index (χ4v) is 0. The minimum absolute atomic E-state index is 0. The van der Waals surface area contributed by atoms with E-state index in [4.69, 9.17) is 3.80 Å². The zero-order chi connectivity index (χ0) is 2.00. The van der Waals surface area contributed by atoms with Crippen LogP contribution in [0.4, 0.5) is 0 Å². The molecule has 1 nitrogen and oxygen atoms in total. The van der Waals surface area contributed by atoms with Crippen LogP contribution in [0.1, 0.15) is 0 Å². The van der Waals surface area contributed by atoms with E-state index in [9.17, 15) is 0 Å². The molecule has 0 bridgehead atoms. The quantitative estimate of drug-likeness (QED) is 0.306. The molecule has 4 heteroatoms. The Morgan fingerprint density at radius 3 is 1.25 bits per heavy atom. The molecule has 0 atom stereocenters. The third-order valence-corrected chi connectivity index (χ3v) is 0. The number of hydrogen-bond acceptors (Lipinski definition) is 1. The molecule has 0 unspecified atom stereocenters. The van der Waals surface area contributed by atoms with Crippen LogP contribution in [0, 0.1) is 0 Å². The van der Waals surface area contributed by atoms with Gasteiger partial charge in [-0.05, 0) is 0 Å². The van der Waals surface area contributed by atoms with E-state index in [0.29, 0.717) is 0 Å². The summed E-state index contributed by atoms with van der Waals surface area (Å²) in [6.45, 7) is 0. The van der Waals surface area contributed by atoms with Crippen molar-refractivity contribution in [3.05, 3.63) is 0 Å². The molecule has 0 aromatic heterocycles. The van der Waals surface area contributed by atoms with Crippen LogP contribution in [0.3, 0.4) is 0 Å². The van der Waals surface area contributed by atoms with Gasteiger partial charge >= 0.3 is 20.0 Å². The molecule has 20 valence electrons. The summed E-state index contributed by atoms with van der Waals surface area (Å²) >= 11 is 1.17. The van der Waals surface area contributed by atoms with Gasteiger partial charge in [0.05, 0.1) is 0 Å². The van der Waals surface area contributed by atoms with E-state index in [1.807, 2.05) is 0 Å². The van der Waals surface area contributed by atoms with E-state index >= 15 is 0 Å². The Kier molecular flexibility index (Phi) is 118. The van der Waals surface area contributed by atoms with Gasteiger partial charge in [0.25, 0.3) is 0 Å². The van der Waals surface area contributed by atoms with Crippen LogP contribution in [0.2, 0.25) is 0 Å². The van der Waals surface area contributed by atoms with Crippen LogP contribution < -0.4 is 0 Å². The normalized spacial score (nSPS) is 0.750. The van der Waals surface area contributed by atoms with Gasteiger partial charge in [-0.15, -0.1) is 0 Å². The van der Waals surface area contributed by atoms with Crippen molar-refractivity contribution < 1.29 is 3.80 Å². The van der Waals surface area contributed by atoms with E-state index < -0.39 is 0 Å². The first kappa shape index (κ1) is 18.2. The van der Waals surface area contributed by atoms with Crippen molar-refractivity contribution in [3.63, 3.8) is 0 Å². The predicted octanol–water partition coefficient (Wildman–Crippen LogP) is -2.60. The van der Waals surface area contributed by atoms with E-state index in [2.05, 4.69) is 0 Å². The van der Waals surface area contributed by atoms with Gasteiger partial charge in [-0.1, -0.05) is 0 Å². The first-order valence-electron chi connectivity index (χ1n) is 0.236. The van der Waals surface area contributed by atoms with Crippen LogP contribution >= 0.6 is 0 Å². The molecule has 0 amide bonds. The fourth-order valence-electron chi connectivity index (χ4n) is 0. The van der Waals surface area contributed by atoms with Crippen molar-refractivity contribution in [2.75, 3.05) is 0 Å². The second-order valence-electron chi connectivity index (χ2n) is 0. The Bertz CT molecular complexity index is 3.25. The molecule has 0 heterocycles. The molecule has 0 fully saturated rings. The average molecular weight is 102 g/mol. The zero-order valence-corrected chi connectivity index (χ0v) is 5.14. The van der Waals surface area contributed by atoms with Gasteiger partial charge in [0.2, 0.25) is 0 Å². The summed E-state index contributed by atoms with van der Waals surface area (Å²) < 4.78 is 8.17. The summed E-state index contributed by atoms with van der Waals surface area (Å²) in [6, 6.07) is 0. The summed E-state index contributed by atoms with van der Waals surface area (Å²) in [5, 5.41) is 0. The first-order valence-corrected chi connectivity index (χ1v) is 0.707. The third kappa shape index (κ3) is 10.00. The number of rotatable bonds is 0. The summed E-state index contributed by atoms with van der Waals surface area (Å²) in [7, 11) is 0. The minimum atomic E-state index is 0. The monoisotopic (exact) mass is 102 g/mol.